The fourth-order valence-corrected chi connectivity index (χ4v) is 6.14. The van der Waals surface area contributed by atoms with Crippen molar-refractivity contribution >= 4 is 23.5 Å². The summed E-state index contributed by atoms with van der Waals surface area (Å²) in [7, 11) is 0. The molecule has 0 bridgehead atoms. The Kier molecular flexibility index (Phi) is 9.15. The van der Waals surface area contributed by atoms with Crippen LogP contribution in [-0.2, 0) is 22.7 Å². The Morgan fingerprint density at radius 1 is 0.893 bits per heavy atom. The summed E-state index contributed by atoms with van der Waals surface area (Å²) in [5, 5.41) is 9.51. The minimum atomic E-state index is -1.49. The fraction of sp³-hybridized carbons (Fsp3) is 0.455. The predicted molar refractivity (Wildman–Crippen MR) is 115 cm³/mol. The van der Waals surface area contributed by atoms with Crippen LogP contribution in [0.5, 0.6) is 0 Å². The highest BCUT2D eigenvalue weighted by molar-refractivity contribution is 8.17. The van der Waals surface area contributed by atoms with Gasteiger partial charge in [0.15, 0.2) is 6.17 Å². The molecular weight excluding hydrogens is 395 g/mol. The Balaban J connectivity index is 1.73. The second-order valence-electron chi connectivity index (χ2n) is 6.68. The number of aliphatic hydroxyl groups excluding tert-OH is 1. The molecule has 3 rings (SSSR count). The molecule has 0 amide bonds. The van der Waals surface area contributed by atoms with Crippen molar-refractivity contribution in [3.05, 3.63) is 71.8 Å². The number of hydrogen-bond acceptors (Lipinski definition) is 5. The van der Waals surface area contributed by atoms with Crippen molar-refractivity contribution < 1.29 is 19.0 Å². The Morgan fingerprint density at radius 2 is 1.43 bits per heavy atom. The summed E-state index contributed by atoms with van der Waals surface area (Å²) in [5.41, 5.74) is 2.02. The van der Waals surface area contributed by atoms with Crippen LogP contribution in [0.2, 0.25) is 0 Å². The number of ether oxygens (including phenoxy) is 2. The Hall–Kier alpha value is -1.05. The highest BCUT2D eigenvalue weighted by Gasteiger charge is 2.38. The van der Waals surface area contributed by atoms with Gasteiger partial charge in [-0.15, -0.1) is 23.5 Å². The van der Waals surface area contributed by atoms with Gasteiger partial charge in [0, 0.05) is 0 Å². The molecule has 1 fully saturated rings. The van der Waals surface area contributed by atoms with Crippen molar-refractivity contribution in [1.29, 1.82) is 0 Å². The van der Waals surface area contributed by atoms with Crippen molar-refractivity contribution in [2.75, 3.05) is 18.1 Å². The first kappa shape index (κ1) is 21.7. The van der Waals surface area contributed by atoms with Crippen LogP contribution in [0.4, 0.5) is 4.39 Å². The lowest BCUT2D eigenvalue weighted by Gasteiger charge is -2.36. The van der Waals surface area contributed by atoms with Gasteiger partial charge in [-0.3, -0.25) is 0 Å². The summed E-state index contributed by atoms with van der Waals surface area (Å²) >= 11 is 3.59. The van der Waals surface area contributed by atoms with E-state index in [2.05, 4.69) is 0 Å². The third-order valence-electron chi connectivity index (χ3n) is 4.55. The lowest BCUT2D eigenvalue weighted by Crippen LogP contribution is -2.46. The van der Waals surface area contributed by atoms with Gasteiger partial charge in [-0.2, -0.15) is 0 Å². The Bertz CT molecular complexity index is 668. The van der Waals surface area contributed by atoms with Crippen LogP contribution in [0.25, 0.3) is 0 Å². The maximum atomic E-state index is 14.8. The molecule has 3 atom stereocenters. The quantitative estimate of drug-likeness (QED) is 0.602. The molecule has 28 heavy (non-hydrogen) atoms. The Labute approximate surface area is 175 Å². The first-order valence-corrected chi connectivity index (χ1v) is 11.7. The van der Waals surface area contributed by atoms with Crippen molar-refractivity contribution in [2.45, 2.75) is 42.6 Å². The molecular formula is C22H27FO3S2. The van der Waals surface area contributed by atoms with Gasteiger partial charge in [0.1, 0.15) is 12.2 Å². The number of benzene rings is 2. The molecule has 1 aliphatic rings. The standard InChI is InChI=1S/C22H27FO3S2/c23-19(14-24)20(25-15-17-8-3-1-4-9-17)21(22-27-12-7-13-28-22)26-16-18-10-5-2-6-11-18/h1-6,8-11,19-22,24H,7,12-16H2/t19-,20-,21-/m0/s1. The molecule has 1 N–H and O–H groups in total. The van der Waals surface area contributed by atoms with Crippen LogP contribution in [0, 0.1) is 0 Å². The molecule has 3 nitrogen and oxygen atoms in total. The summed E-state index contributed by atoms with van der Waals surface area (Å²) in [6, 6.07) is 19.6. The van der Waals surface area contributed by atoms with Crippen LogP contribution in [0.15, 0.2) is 60.7 Å². The van der Waals surface area contributed by atoms with Crippen LogP contribution >= 0.6 is 23.5 Å². The number of halogens is 1. The molecule has 2 aromatic carbocycles. The fourth-order valence-electron chi connectivity index (χ4n) is 3.07. The van der Waals surface area contributed by atoms with Gasteiger partial charge in [-0.05, 0) is 29.1 Å². The van der Waals surface area contributed by atoms with Gasteiger partial charge in [-0.25, -0.2) is 4.39 Å². The van der Waals surface area contributed by atoms with Crippen LogP contribution < -0.4 is 0 Å². The van der Waals surface area contributed by atoms with E-state index in [0.29, 0.717) is 13.2 Å². The second-order valence-corrected chi connectivity index (χ2v) is 9.48. The molecule has 0 aliphatic carbocycles. The average Bonchev–Trinajstić information content (AvgIpc) is 2.77. The van der Waals surface area contributed by atoms with E-state index >= 15 is 0 Å². The van der Waals surface area contributed by atoms with Gasteiger partial charge in [-0.1, -0.05) is 60.7 Å². The molecule has 0 spiro atoms. The van der Waals surface area contributed by atoms with Crippen LogP contribution in [0.1, 0.15) is 17.5 Å². The summed E-state index contributed by atoms with van der Waals surface area (Å²) in [6.45, 7) is 0.109. The van der Waals surface area contributed by atoms with Gasteiger partial charge >= 0.3 is 0 Å². The molecule has 2 aromatic rings. The van der Waals surface area contributed by atoms with E-state index in [0.717, 1.165) is 29.1 Å². The average molecular weight is 423 g/mol. The molecule has 0 saturated carbocycles. The normalized spacial score (nSPS) is 18.5. The maximum absolute atomic E-state index is 14.8. The maximum Gasteiger partial charge on any atom is 0.152 e. The SMILES string of the molecule is OC[C@H](F)[C@H](OCc1ccccc1)[C@H](OCc1ccccc1)C1SCCCS1. The van der Waals surface area contributed by atoms with Crippen LogP contribution in [0.3, 0.4) is 0 Å². The van der Waals surface area contributed by atoms with E-state index in [9.17, 15) is 9.50 Å². The number of alkyl halides is 1. The molecule has 1 saturated heterocycles. The number of rotatable bonds is 10. The number of thioether (sulfide) groups is 2. The number of aliphatic hydroxyl groups is 1. The van der Waals surface area contributed by atoms with E-state index < -0.39 is 25.0 Å². The van der Waals surface area contributed by atoms with Crippen molar-refractivity contribution in [3.8, 4) is 0 Å². The van der Waals surface area contributed by atoms with E-state index in [1.807, 2.05) is 60.7 Å². The van der Waals surface area contributed by atoms with Gasteiger partial charge in [0.25, 0.3) is 0 Å². The predicted octanol–water partition coefficient (Wildman–Crippen LogP) is 4.68. The molecule has 6 heteroatoms. The van der Waals surface area contributed by atoms with E-state index in [-0.39, 0.29) is 4.58 Å². The Morgan fingerprint density at radius 3 is 1.96 bits per heavy atom. The minimum absolute atomic E-state index is 0.0861. The zero-order valence-corrected chi connectivity index (χ0v) is 17.4. The third kappa shape index (κ3) is 6.49. The molecule has 1 heterocycles. The zero-order valence-electron chi connectivity index (χ0n) is 15.8. The van der Waals surface area contributed by atoms with E-state index in [1.165, 1.54) is 0 Å². The lowest BCUT2D eigenvalue weighted by atomic mass is 10.1. The molecule has 0 radical (unpaired) electrons. The molecule has 152 valence electrons. The van der Waals surface area contributed by atoms with Gasteiger partial charge < -0.3 is 14.6 Å². The van der Waals surface area contributed by atoms with Crippen molar-refractivity contribution in [1.82, 2.24) is 0 Å². The minimum Gasteiger partial charge on any atom is -0.393 e. The van der Waals surface area contributed by atoms with Crippen molar-refractivity contribution in [3.63, 3.8) is 0 Å². The summed E-state index contributed by atoms with van der Waals surface area (Å²) in [6.07, 6.45) is -1.61. The van der Waals surface area contributed by atoms with Gasteiger partial charge in [0.2, 0.25) is 0 Å². The van der Waals surface area contributed by atoms with Crippen LogP contribution in [-0.4, -0.2) is 46.2 Å². The highest BCUT2D eigenvalue weighted by Crippen LogP contribution is 2.37. The highest BCUT2D eigenvalue weighted by atomic mass is 32.2. The largest absolute Gasteiger partial charge is 0.393 e. The molecule has 0 aromatic heterocycles. The third-order valence-corrected chi connectivity index (χ3v) is 7.61. The summed E-state index contributed by atoms with van der Waals surface area (Å²) in [5.74, 6) is 2.06. The van der Waals surface area contributed by atoms with E-state index in [1.54, 1.807) is 23.5 Å². The zero-order chi connectivity index (χ0) is 19.6. The van der Waals surface area contributed by atoms with E-state index in [4.69, 9.17) is 9.47 Å². The second kappa shape index (κ2) is 11.8. The monoisotopic (exact) mass is 422 g/mol. The summed E-state index contributed by atoms with van der Waals surface area (Å²) in [4.78, 5) is 0. The first-order chi connectivity index (χ1) is 13.8. The van der Waals surface area contributed by atoms with Gasteiger partial charge in [0.05, 0.1) is 24.4 Å². The topological polar surface area (TPSA) is 38.7 Å². The smallest absolute Gasteiger partial charge is 0.152 e. The number of hydrogen-bond donors (Lipinski definition) is 1. The lowest BCUT2D eigenvalue weighted by molar-refractivity contribution is -0.116. The molecule has 0 unspecified atom stereocenters. The summed E-state index contributed by atoms with van der Waals surface area (Å²) < 4.78 is 27.1. The van der Waals surface area contributed by atoms with Crippen molar-refractivity contribution in [2.24, 2.45) is 0 Å². The first-order valence-electron chi connectivity index (χ1n) is 9.57. The molecule has 1 aliphatic heterocycles.